The highest BCUT2D eigenvalue weighted by Gasteiger charge is 2.33. The number of hydrogen-bond acceptors (Lipinski definition) is 7. The van der Waals surface area contributed by atoms with Gasteiger partial charge in [0, 0.05) is 13.0 Å². The molecule has 0 heterocycles. The number of carbonyl (C=O) groups is 2. The molecule has 0 aliphatic rings. The Labute approximate surface area is 128 Å². The second-order valence-corrected chi connectivity index (χ2v) is 5.02. The third kappa shape index (κ3) is 8.25. The second-order valence-electron chi connectivity index (χ2n) is 5.02. The quantitative estimate of drug-likeness (QED) is 0.195. The lowest BCUT2D eigenvalue weighted by Gasteiger charge is -2.24. The lowest BCUT2D eigenvalue weighted by atomic mass is 10.0. The van der Waals surface area contributed by atoms with E-state index in [-0.39, 0.29) is 13.0 Å². The maximum absolute atomic E-state index is 11.5. The van der Waals surface area contributed by atoms with Gasteiger partial charge in [-0.15, -0.1) is 0 Å². The molecule has 0 bridgehead atoms. The number of rotatable bonds is 12. The fourth-order valence-corrected chi connectivity index (χ4v) is 1.75. The zero-order valence-electron chi connectivity index (χ0n) is 12.3. The molecule has 0 spiro atoms. The summed E-state index contributed by atoms with van der Waals surface area (Å²) in [5.41, 5.74) is 0. The first-order valence-corrected chi connectivity index (χ1v) is 7.13. The molecule has 0 fully saturated rings. The summed E-state index contributed by atoms with van der Waals surface area (Å²) in [6.45, 7) is -0.586. The van der Waals surface area contributed by atoms with Crippen LogP contribution in [-0.4, -0.2) is 80.1 Å². The summed E-state index contributed by atoms with van der Waals surface area (Å²) in [5, 5.41) is 56.9. The lowest BCUT2D eigenvalue weighted by molar-refractivity contribution is -0.148. The number of carbonyl (C=O) groups excluding carboxylic acids is 1. The van der Waals surface area contributed by atoms with Crippen LogP contribution < -0.4 is 5.32 Å². The Morgan fingerprint density at radius 1 is 0.909 bits per heavy atom. The number of amides is 1. The minimum Gasteiger partial charge on any atom is -0.481 e. The van der Waals surface area contributed by atoms with Gasteiger partial charge < -0.3 is 36.0 Å². The van der Waals surface area contributed by atoms with Crippen molar-refractivity contribution in [2.75, 3.05) is 13.2 Å². The Balaban J connectivity index is 3.89. The molecule has 0 radical (unpaired) electrons. The van der Waals surface area contributed by atoms with Gasteiger partial charge in [0.25, 0.3) is 5.91 Å². The Bertz CT molecular complexity index is 338. The van der Waals surface area contributed by atoms with Gasteiger partial charge >= 0.3 is 5.97 Å². The standard InChI is InChI=1S/C13H25NO8/c15-7-8(16)10(19)11(20)12(21)13(22)14-6-4-2-1-3-5-9(17)18/h8,10-12,15-16,19-21H,1-7H2,(H,14,22)(H,17,18)/t8?,10-,11+,12?/m1/s1. The Morgan fingerprint density at radius 3 is 2.05 bits per heavy atom. The van der Waals surface area contributed by atoms with Crippen molar-refractivity contribution in [3.05, 3.63) is 0 Å². The van der Waals surface area contributed by atoms with E-state index in [0.29, 0.717) is 25.7 Å². The van der Waals surface area contributed by atoms with Crippen LogP contribution in [0.3, 0.4) is 0 Å². The van der Waals surface area contributed by atoms with Crippen LogP contribution in [-0.2, 0) is 9.59 Å². The van der Waals surface area contributed by atoms with E-state index < -0.39 is 42.9 Å². The largest absolute Gasteiger partial charge is 0.481 e. The Kier molecular flexibility index (Phi) is 10.7. The van der Waals surface area contributed by atoms with Gasteiger partial charge in [-0.25, -0.2) is 0 Å². The average Bonchev–Trinajstić information content (AvgIpc) is 2.50. The molecular formula is C13H25NO8. The summed E-state index contributed by atoms with van der Waals surface area (Å²) in [6.07, 6.45) is -4.71. The zero-order chi connectivity index (χ0) is 17.1. The van der Waals surface area contributed by atoms with Crippen molar-refractivity contribution in [3.8, 4) is 0 Å². The van der Waals surface area contributed by atoms with Crippen molar-refractivity contribution in [1.82, 2.24) is 5.32 Å². The number of unbranched alkanes of at least 4 members (excludes halogenated alkanes) is 3. The van der Waals surface area contributed by atoms with Crippen molar-refractivity contribution < 1.29 is 40.2 Å². The van der Waals surface area contributed by atoms with Crippen LogP contribution in [0.25, 0.3) is 0 Å². The highest BCUT2D eigenvalue weighted by Crippen LogP contribution is 2.06. The van der Waals surface area contributed by atoms with E-state index in [1.54, 1.807) is 0 Å². The predicted octanol–water partition coefficient (Wildman–Crippen LogP) is -2.43. The van der Waals surface area contributed by atoms with Crippen molar-refractivity contribution in [1.29, 1.82) is 0 Å². The number of nitrogens with one attached hydrogen (secondary N) is 1. The van der Waals surface area contributed by atoms with Crippen LogP contribution in [0.15, 0.2) is 0 Å². The molecule has 0 aromatic heterocycles. The molecule has 0 rings (SSSR count). The smallest absolute Gasteiger partial charge is 0.303 e. The van der Waals surface area contributed by atoms with Crippen LogP contribution in [0.5, 0.6) is 0 Å². The van der Waals surface area contributed by atoms with Gasteiger partial charge in [0.05, 0.1) is 6.61 Å². The Morgan fingerprint density at radius 2 is 1.50 bits per heavy atom. The van der Waals surface area contributed by atoms with Gasteiger partial charge in [-0.2, -0.15) is 0 Å². The number of carboxylic acid groups (broad SMARTS) is 1. The number of aliphatic hydroxyl groups excluding tert-OH is 5. The van der Waals surface area contributed by atoms with E-state index in [2.05, 4.69) is 5.32 Å². The molecule has 4 atom stereocenters. The van der Waals surface area contributed by atoms with Gasteiger partial charge in [0.15, 0.2) is 6.10 Å². The van der Waals surface area contributed by atoms with Crippen molar-refractivity contribution in [2.45, 2.75) is 56.5 Å². The fourth-order valence-electron chi connectivity index (χ4n) is 1.75. The van der Waals surface area contributed by atoms with E-state index in [1.807, 2.05) is 0 Å². The number of carboxylic acids is 1. The topological polar surface area (TPSA) is 168 Å². The van der Waals surface area contributed by atoms with Crippen molar-refractivity contribution >= 4 is 11.9 Å². The molecule has 9 heteroatoms. The SMILES string of the molecule is O=C(O)CCCCCCNC(=O)C(O)[C@@H](O)[C@H](O)C(O)CO. The first kappa shape index (κ1) is 20.7. The fraction of sp³-hybridized carbons (Fsp3) is 0.846. The van der Waals surface area contributed by atoms with Gasteiger partial charge in [-0.05, 0) is 12.8 Å². The molecule has 7 N–H and O–H groups in total. The molecular weight excluding hydrogens is 298 g/mol. The van der Waals surface area contributed by atoms with Crippen LogP contribution in [0.1, 0.15) is 32.1 Å². The Hall–Kier alpha value is -1.26. The molecule has 130 valence electrons. The van der Waals surface area contributed by atoms with Crippen molar-refractivity contribution in [3.63, 3.8) is 0 Å². The second kappa shape index (κ2) is 11.3. The van der Waals surface area contributed by atoms with Crippen LogP contribution in [0, 0.1) is 0 Å². The summed E-state index contributed by atoms with van der Waals surface area (Å²) in [4.78, 5) is 21.8. The van der Waals surface area contributed by atoms with E-state index in [0.717, 1.165) is 0 Å². The van der Waals surface area contributed by atoms with Crippen LogP contribution in [0.4, 0.5) is 0 Å². The monoisotopic (exact) mass is 323 g/mol. The summed E-state index contributed by atoms with van der Waals surface area (Å²) in [7, 11) is 0. The van der Waals surface area contributed by atoms with E-state index in [1.165, 1.54) is 0 Å². The van der Waals surface area contributed by atoms with E-state index in [4.69, 9.17) is 15.3 Å². The first-order chi connectivity index (χ1) is 10.3. The normalized spacial score (nSPS) is 16.6. The lowest BCUT2D eigenvalue weighted by Crippen LogP contribution is -2.51. The van der Waals surface area contributed by atoms with Gasteiger partial charge in [0.2, 0.25) is 0 Å². The third-order valence-corrected chi connectivity index (χ3v) is 3.14. The maximum atomic E-state index is 11.5. The maximum Gasteiger partial charge on any atom is 0.303 e. The zero-order valence-corrected chi connectivity index (χ0v) is 12.3. The van der Waals surface area contributed by atoms with Gasteiger partial charge in [-0.3, -0.25) is 9.59 Å². The number of aliphatic hydroxyl groups is 5. The van der Waals surface area contributed by atoms with E-state index in [9.17, 15) is 24.9 Å². The molecule has 0 aliphatic heterocycles. The molecule has 0 aromatic rings. The number of aliphatic carboxylic acids is 1. The molecule has 0 aromatic carbocycles. The minimum atomic E-state index is -1.93. The third-order valence-electron chi connectivity index (χ3n) is 3.14. The molecule has 0 aliphatic carbocycles. The molecule has 2 unspecified atom stereocenters. The summed E-state index contributed by atoms with van der Waals surface area (Å²) < 4.78 is 0. The molecule has 22 heavy (non-hydrogen) atoms. The van der Waals surface area contributed by atoms with Crippen LogP contribution >= 0.6 is 0 Å². The van der Waals surface area contributed by atoms with Gasteiger partial charge in [0.1, 0.15) is 18.3 Å². The minimum absolute atomic E-state index is 0.0995. The molecule has 9 nitrogen and oxygen atoms in total. The average molecular weight is 323 g/mol. The summed E-state index contributed by atoms with van der Waals surface area (Å²) >= 11 is 0. The number of hydrogen-bond donors (Lipinski definition) is 7. The first-order valence-electron chi connectivity index (χ1n) is 7.13. The molecule has 0 saturated carbocycles. The van der Waals surface area contributed by atoms with Crippen molar-refractivity contribution in [2.24, 2.45) is 0 Å². The highest BCUT2D eigenvalue weighted by atomic mass is 16.4. The summed E-state index contributed by atoms with van der Waals surface area (Å²) in [6, 6.07) is 0. The van der Waals surface area contributed by atoms with Crippen LogP contribution in [0.2, 0.25) is 0 Å². The molecule has 0 saturated heterocycles. The van der Waals surface area contributed by atoms with Gasteiger partial charge in [-0.1, -0.05) is 12.8 Å². The predicted molar refractivity (Wildman–Crippen MR) is 74.8 cm³/mol. The highest BCUT2D eigenvalue weighted by molar-refractivity contribution is 5.81. The summed E-state index contributed by atoms with van der Waals surface area (Å²) in [5.74, 6) is -1.75. The van der Waals surface area contributed by atoms with E-state index >= 15 is 0 Å². The molecule has 1 amide bonds.